The Hall–Kier alpha value is -3.92. The first-order valence-corrected chi connectivity index (χ1v) is 11.0. The van der Waals surface area contributed by atoms with E-state index < -0.39 is 5.82 Å². The summed E-state index contributed by atoms with van der Waals surface area (Å²) in [6.45, 7) is 0.239. The minimum atomic E-state index is -0.414. The van der Waals surface area contributed by atoms with E-state index in [0.29, 0.717) is 27.7 Å². The fraction of sp³-hybridized carbons (Fsp3) is 0.130. The van der Waals surface area contributed by atoms with Crippen LogP contribution in [0.2, 0.25) is 0 Å². The fourth-order valence-corrected chi connectivity index (χ4v) is 3.79. The number of carbonyl (C=O) groups excluding carboxylic acids is 2. The van der Waals surface area contributed by atoms with Crippen LogP contribution < -0.4 is 10.2 Å². The highest BCUT2D eigenvalue weighted by atomic mass is 32.2. The van der Waals surface area contributed by atoms with Gasteiger partial charge < -0.3 is 14.6 Å². The number of aromatic amines is 1. The van der Waals surface area contributed by atoms with Gasteiger partial charge >= 0.3 is 0 Å². The van der Waals surface area contributed by atoms with Crippen LogP contribution in [0.1, 0.15) is 16.1 Å². The highest BCUT2D eigenvalue weighted by Crippen LogP contribution is 2.24. The van der Waals surface area contributed by atoms with Gasteiger partial charge in [-0.25, -0.2) is 9.37 Å². The molecule has 4 aromatic rings. The molecular formula is C23H20FN5O3S. The first-order chi connectivity index (χ1) is 16.0. The van der Waals surface area contributed by atoms with Crippen molar-refractivity contribution in [3.63, 3.8) is 0 Å². The zero-order valence-electron chi connectivity index (χ0n) is 17.6. The van der Waals surface area contributed by atoms with E-state index in [2.05, 4.69) is 20.5 Å². The third-order valence-electron chi connectivity index (χ3n) is 4.81. The summed E-state index contributed by atoms with van der Waals surface area (Å²) in [5.41, 5.74) is 1.14. The lowest BCUT2D eigenvalue weighted by molar-refractivity contribution is -0.115. The number of hydrogen-bond donors (Lipinski definition) is 2. The van der Waals surface area contributed by atoms with Gasteiger partial charge in [-0.05, 0) is 36.4 Å². The van der Waals surface area contributed by atoms with E-state index in [1.807, 2.05) is 0 Å². The van der Waals surface area contributed by atoms with Crippen molar-refractivity contribution in [3.05, 3.63) is 84.1 Å². The number of rotatable bonds is 8. The number of para-hydroxylation sites is 1. The maximum Gasteiger partial charge on any atom is 0.253 e. The van der Waals surface area contributed by atoms with E-state index in [1.54, 1.807) is 61.6 Å². The Kier molecular flexibility index (Phi) is 6.84. The van der Waals surface area contributed by atoms with Gasteiger partial charge in [-0.1, -0.05) is 36.0 Å². The second-order valence-electron chi connectivity index (χ2n) is 6.97. The van der Waals surface area contributed by atoms with Gasteiger partial charge in [-0.3, -0.25) is 14.7 Å². The van der Waals surface area contributed by atoms with Crippen molar-refractivity contribution < 1.29 is 18.4 Å². The molecule has 2 amide bonds. The summed E-state index contributed by atoms with van der Waals surface area (Å²) < 4.78 is 19.2. The SMILES string of the molecule is CN(C(=O)CSc1n[nH]c(-c2ccccc2F)n1)c1ccccc1C(=O)NCc1ccco1. The predicted octanol–water partition coefficient (Wildman–Crippen LogP) is 3.89. The second kappa shape index (κ2) is 10.1. The van der Waals surface area contributed by atoms with Crippen molar-refractivity contribution in [3.8, 4) is 11.4 Å². The first-order valence-electron chi connectivity index (χ1n) is 9.99. The number of nitrogens with zero attached hydrogens (tertiary/aromatic N) is 3. The quantitative estimate of drug-likeness (QED) is 0.383. The molecule has 0 fully saturated rings. The molecule has 0 aliphatic carbocycles. The van der Waals surface area contributed by atoms with Crippen molar-refractivity contribution >= 4 is 29.3 Å². The van der Waals surface area contributed by atoms with Crippen molar-refractivity contribution in [2.24, 2.45) is 0 Å². The third kappa shape index (κ3) is 5.29. The Bertz CT molecular complexity index is 1260. The number of furan rings is 1. The molecule has 0 unspecified atom stereocenters. The van der Waals surface area contributed by atoms with E-state index in [-0.39, 0.29) is 29.9 Å². The number of H-pyrrole nitrogens is 1. The van der Waals surface area contributed by atoms with E-state index in [9.17, 15) is 14.0 Å². The largest absolute Gasteiger partial charge is 0.467 e. The fourth-order valence-electron chi connectivity index (χ4n) is 3.08. The summed E-state index contributed by atoms with van der Waals surface area (Å²) in [6, 6.07) is 16.6. The van der Waals surface area contributed by atoms with Crippen LogP contribution in [0, 0.1) is 5.82 Å². The van der Waals surface area contributed by atoms with Crippen LogP contribution in [0.4, 0.5) is 10.1 Å². The number of amides is 2. The molecule has 0 bridgehead atoms. The number of carbonyl (C=O) groups is 2. The van der Waals surface area contributed by atoms with E-state index in [1.165, 1.54) is 17.2 Å². The van der Waals surface area contributed by atoms with Gasteiger partial charge in [0.2, 0.25) is 11.1 Å². The van der Waals surface area contributed by atoms with Crippen LogP contribution in [-0.2, 0) is 11.3 Å². The van der Waals surface area contributed by atoms with E-state index >= 15 is 0 Å². The first kappa shape index (κ1) is 22.3. The molecule has 2 N–H and O–H groups in total. The van der Waals surface area contributed by atoms with Gasteiger partial charge in [0, 0.05) is 7.05 Å². The molecule has 0 spiro atoms. The Morgan fingerprint density at radius 1 is 1.12 bits per heavy atom. The summed E-state index contributed by atoms with van der Waals surface area (Å²) >= 11 is 1.12. The van der Waals surface area contributed by atoms with Gasteiger partial charge in [0.15, 0.2) is 5.82 Å². The summed E-state index contributed by atoms with van der Waals surface area (Å²) in [4.78, 5) is 31.1. The lowest BCUT2D eigenvalue weighted by Gasteiger charge is -2.20. The normalized spacial score (nSPS) is 10.7. The standard InChI is InChI=1S/C23H20FN5O3S/c1-29(19-11-5-3-9-17(19)22(31)25-13-15-7-6-12-32-15)20(30)14-33-23-26-21(27-28-23)16-8-2-4-10-18(16)24/h2-12H,13-14H2,1H3,(H,25,31)(H,26,27,28). The molecule has 4 rings (SSSR count). The van der Waals surface area contributed by atoms with E-state index in [0.717, 1.165) is 11.8 Å². The van der Waals surface area contributed by atoms with Crippen molar-refractivity contribution in [1.29, 1.82) is 0 Å². The lowest BCUT2D eigenvalue weighted by atomic mass is 10.1. The maximum absolute atomic E-state index is 13.9. The van der Waals surface area contributed by atoms with Crippen LogP contribution in [0.3, 0.4) is 0 Å². The van der Waals surface area contributed by atoms with Crippen LogP contribution in [0.5, 0.6) is 0 Å². The molecular weight excluding hydrogens is 445 g/mol. The van der Waals surface area contributed by atoms with Crippen LogP contribution in [0.25, 0.3) is 11.4 Å². The molecule has 0 aliphatic rings. The smallest absolute Gasteiger partial charge is 0.253 e. The van der Waals surface area contributed by atoms with Crippen LogP contribution in [-0.4, -0.2) is 39.8 Å². The Morgan fingerprint density at radius 2 is 1.91 bits per heavy atom. The number of benzene rings is 2. The van der Waals surface area contributed by atoms with E-state index in [4.69, 9.17) is 4.42 Å². The number of halogens is 1. The lowest BCUT2D eigenvalue weighted by Crippen LogP contribution is -2.31. The zero-order valence-corrected chi connectivity index (χ0v) is 18.4. The number of aromatic nitrogens is 3. The summed E-state index contributed by atoms with van der Waals surface area (Å²) in [5.74, 6) is -0.0323. The molecule has 0 aliphatic heterocycles. The molecule has 0 saturated carbocycles. The maximum atomic E-state index is 13.9. The average molecular weight is 466 g/mol. The minimum absolute atomic E-state index is 0.0351. The number of hydrogen-bond acceptors (Lipinski definition) is 6. The number of thioether (sulfide) groups is 1. The predicted molar refractivity (Wildman–Crippen MR) is 122 cm³/mol. The molecule has 33 heavy (non-hydrogen) atoms. The van der Waals surface area contributed by atoms with Crippen LogP contribution >= 0.6 is 11.8 Å². The molecule has 0 radical (unpaired) electrons. The van der Waals surface area contributed by atoms with Gasteiger partial charge in [-0.15, -0.1) is 5.10 Å². The Labute approximate surface area is 193 Å². The van der Waals surface area contributed by atoms with Crippen molar-refractivity contribution in [2.75, 3.05) is 17.7 Å². The molecule has 2 aromatic heterocycles. The van der Waals surface area contributed by atoms with Gasteiger partial charge in [0.1, 0.15) is 11.6 Å². The highest BCUT2D eigenvalue weighted by molar-refractivity contribution is 7.99. The summed E-state index contributed by atoms with van der Waals surface area (Å²) in [5, 5.41) is 9.84. The van der Waals surface area contributed by atoms with Crippen LogP contribution in [0.15, 0.2) is 76.5 Å². The van der Waals surface area contributed by atoms with Gasteiger partial charge in [-0.2, -0.15) is 0 Å². The highest BCUT2D eigenvalue weighted by Gasteiger charge is 2.19. The summed E-state index contributed by atoms with van der Waals surface area (Å²) in [6.07, 6.45) is 1.53. The topological polar surface area (TPSA) is 104 Å². The second-order valence-corrected chi connectivity index (χ2v) is 7.91. The molecule has 8 nitrogen and oxygen atoms in total. The minimum Gasteiger partial charge on any atom is -0.467 e. The molecule has 2 heterocycles. The Balaban J connectivity index is 1.40. The Morgan fingerprint density at radius 3 is 2.70 bits per heavy atom. The molecule has 2 aromatic carbocycles. The van der Waals surface area contributed by atoms with Crippen molar-refractivity contribution in [2.45, 2.75) is 11.7 Å². The van der Waals surface area contributed by atoms with Gasteiger partial charge in [0.05, 0.1) is 35.4 Å². The summed E-state index contributed by atoms with van der Waals surface area (Å²) in [7, 11) is 1.60. The third-order valence-corrected chi connectivity index (χ3v) is 5.64. The zero-order chi connectivity index (χ0) is 23.2. The number of nitrogens with one attached hydrogen (secondary N) is 2. The monoisotopic (exact) mass is 465 g/mol. The van der Waals surface area contributed by atoms with Gasteiger partial charge in [0.25, 0.3) is 5.91 Å². The molecule has 168 valence electrons. The molecule has 0 saturated heterocycles. The molecule has 0 atom stereocenters. The average Bonchev–Trinajstić information content (AvgIpc) is 3.53. The molecule has 10 heteroatoms. The van der Waals surface area contributed by atoms with Crippen molar-refractivity contribution in [1.82, 2.24) is 20.5 Å². The number of anilines is 1.